The number of carboxylic acids is 1. The average Bonchev–Trinajstić information content (AvgIpc) is 2.91. The van der Waals surface area contributed by atoms with E-state index in [9.17, 15) is 45.8 Å². The Labute approximate surface area is 251 Å². The number of para-hydroxylation sites is 1. The molecule has 1 amide bonds. The van der Waals surface area contributed by atoms with Gasteiger partial charge in [0.1, 0.15) is 6.04 Å². The summed E-state index contributed by atoms with van der Waals surface area (Å²) in [5, 5.41) is 15.5. The van der Waals surface area contributed by atoms with Crippen LogP contribution in [0.3, 0.4) is 0 Å². The molecule has 2 bridgehead atoms. The highest BCUT2D eigenvalue weighted by molar-refractivity contribution is 6.02. The van der Waals surface area contributed by atoms with Gasteiger partial charge < -0.3 is 20.3 Å². The molecule has 4 aromatic rings. The van der Waals surface area contributed by atoms with Crippen molar-refractivity contribution in [1.29, 1.82) is 0 Å². The Hall–Kier alpha value is -4.39. The molecule has 0 radical (unpaired) electrons. The number of carboxylic acid groups (broad SMARTS) is 1. The fourth-order valence-corrected chi connectivity index (χ4v) is 7.05. The maximum Gasteiger partial charge on any atom is 0.417 e. The number of rotatable bonds is 8. The van der Waals surface area contributed by atoms with E-state index in [1.165, 1.54) is 43.4 Å². The van der Waals surface area contributed by atoms with E-state index in [1.807, 2.05) is 0 Å². The lowest BCUT2D eigenvalue weighted by atomic mass is 9.39. The second-order valence-corrected chi connectivity index (χ2v) is 12.1. The van der Waals surface area contributed by atoms with Crippen molar-refractivity contribution in [2.45, 2.75) is 49.6 Å². The van der Waals surface area contributed by atoms with Crippen LogP contribution in [0.4, 0.5) is 26.3 Å². The van der Waals surface area contributed by atoms with Crippen molar-refractivity contribution < 1.29 is 41.0 Å². The minimum absolute atomic E-state index is 0.0226. The Morgan fingerprint density at radius 2 is 1.53 bits per heavy atom. The first kappa shape index (κ1) is 30.6. The molecule has 1 aromatic heterocycles. The number of pyridine rings is 1. The number of carbonyl (C=O) groups is 2. The fourth-order valence-electron chi connectivity index (χ4n) is 7.05. The van der Waals surface area contributed by atoms with Gasteiger partial charge in [0.25, 0.3) is 5.56 Å². The van der Waals surface area contributed by atoms with Crippen molar-refractivity contribution >= 4 is 33.6 Å². The number of carbonyl (C=O) groups excluding carboxylic acids is 1. The number of aromatic nitrogens is 1. The Balaban J connectivity index is 1.33. The Morgan fingerprint density at radius 1 is 0.911 bits per heavy atom. The largest absolute Gasteiger partial charge is 0.480 e. The number of aryl methyl sites for hydroxylation is 1. The van der Waals surface area contributed by atoms with Crippen LogP contribution < -0.4 is 16.2 Å². The van der Waals surface area contributed by atoms with Crippen molar-refractivity contribution in [3.8, 4) is 11.1 Å². The first-order valence-corrected chi connectivity index (χ1v) is 14.1. The maximum absolute atomic E-state index is 14.6. The highest BCUT2D eigenvalue weighted by Gasteiger charge is 2.71. The van der Waals surface area contributed by atoms with E-state index in [0.717, 1.165) is 4.57 Å². The molecule has 3 aliphatic carbocycles. The number of fused-ring (bicyclic) bond motifs is 2. The van der Waals surface area contributed by atoms with Gasteiger partial charge in [0.2, 0.25) is 5.91 Å². The minimum atomic E-state index is -4.87. The van der Waals surface area contributed by atoms with E-state index in [1.54, 1.807) is 24.3 Å². The third-order valence-corrected chi connectivity index (χ3v) is 9.07. The minimum Gasteiger partial charge on any atom is -0.480 e. The van der Waals surface area contributed by atoms with E-state index in [2.05, 4.69) is 10.6 Å². The molecule has 236 valence electrons. The van der Waals surface area contributed by atoms with Crippen LogP contribution in [0.25, 0.3) is 32.8 Å². The molecule has 1 heterocycles. The lowest BCUT2D eigenvalue weighted by Crippen LogP contribution is -2.78. The summed E-state index contributed by atoms with van der Waals surface area (Å²) in [6.45, 7) is -1.18. The van der Waals surface area contributed by atoms with Crippen molar-refractivity contribution in [2.24, 2.45) is 12.5 Å². The van der Waals surface area contributed by atoms with Gasteiger partial charge in [0, 0.05) is 24.4 Å². The van der Waals surface area contributed by atoms with Gasteiger partial charge in [-0.05, 0) is 47.2 Å². The Morgan fingerprint density at radius 3 is 2.18 bits per heavy atom. The number of nitrogens with one attached hydrogen (secondary N) is 2. The van der Waals surface area contributed by atoms with Gasteiger partial charge in [-0.15, -0.1) is 0 Å². The molecular weight excluding hydrogens is 604 g/mol. The first-order valence-electron chi connectivity index (χ1n) is 14.1. The normalized spacial score (nSPS) is 21.7. The second-order valence-electron chi connectivity index (χ2n) is 12.1. The summed E-state index contributed by atoms with van der Waals surface area (Å²) in [7, 11) is 1.39. The van der Waals surface area contributed by atoms with Gasteiger partial charge in [-0.1, -0.05) is 54.6 Å². The third kappa shape index (κ3) is 5.22. The average molecular weight is 632 g/mol. The number of alkyl halides is 6. The second kappa shape index (κ2) is 10.3. The quantitative estimate of drug-likeness (QED) is 0.221. The molecule has 7 nitrogen and oxygen atoms in total. The molecule has 3 N–H and O–H groups in total. The van der Waals surface area contributed by atoms with E-state index in [4.69, 9.17) is 0 Å². The summed E-state index contributed by atoms with van der Waals surface area (Å²) in [5.74, 6) is -1.92. The molecule has 1 atom stereocenters. The summed E-state index contributed by atoms with van der Waals surface area (Å²) in [5.41, 5.74) is -3.64. The van der Waals surface area contributed by atoms with Crippen LogP contribution in [0.1, 0.15) is 30.4 Å². The number of halogens is 6. The Kier molecular flexibility index (Phi) is 7.03. The van der Waals surface area contributed by atoms with Gasteiger partial charge in [-0.2, -0.15) is 26.3 Å². The van der Waals surface area contributed by atoms with Crippen molar-refractivity contribution in [2.75, 3.05) is 6.54 Å². The number of benzene rings is 3. The van der Waals surface area contributed by atoms with Crippen LogP contribution in [-0.4, -0.2) is 45.9 Å². The molecule has 3 aliphatic rings. The highest BCUT2D eigenvalue weighted by Crippen LogP contribution is 2.67. The third-order valence-electron chi connectivity index (χ3n) is 9.07. The number of nitrogens with zero attached hydrogens (tertiary/aromatic N) is 1. The number of amides is 1. The number of aliphatic carboxylic acids is 1. The van der Waals surface area contributed by atoms with Crippen LogP contribution in [0.5, 0.6) is 0 Å². The zero-order valence-electron chi connectivity index (χ0n) is 23.8. The predicted molar refractivity (Wildman–Crippen MR) is 153 cm³/mol. The lowest BCUT2D eigenvalue weighted by Gasteiger charge is -2.69. The molecule has 0 saturated heterocycles. The predicted octanol–water partition coefficient (Wildman–Crippen LogP) is 5.56. The van der Waals surface area contributed by atoms with Crippen LogP contribution in [0, 0.1) is 5.41 Å². The number of hydrogen-bond donors (Lipinski definition) is 3. The van der Waals surface area contributed by atoms with Gasteiger partial charge in [-0.25, -0.2) is 4.79 Å². The molecule has 0 aliphatic heterocycles. The monoisotopic (exact) mass is 631 g/mol. The molecule has 7 rings (SSSR count). The Bertz CT molecular complexity index is 1910. The molecule has 0 spiro atoms. The van der Waals surface area contributed by atoms with Crippen molar-refractivity contribution in [3.05, 3.63) is 82.1 Å². The fraction of sp³-hybridized carbons (Fsp3) is 0.344. The summed E-state index contributed by atoms with van der Waals surface area (Å²) in [4.78, 5) is 38.8. The van der Waals surface area contributed by atoms with Crippen molar-refractivity contribution in [3.63, 3.8) is 0 Å². The van der Waals surface area contributed by atoms with E-state index >= 15 is 0 Å². The van der Waals surface area contributed by atoms with E-state index < -0.39 is 64.5 Å². The first-order chi connectivity index (χ1) is 21.0. The highest BCUT2D eigenvalue weighted by atomic mass is 19.4. The van der Waals surface area contributed by atoms with E-state index in [-0.39, 0.29) is 42.1 Å². The zero-order valence-corrected chi connectivity index (χ0v) is 23.8. The molecule has 45 heavy (non-hydrogen) atoms. The molecule has 3 fully saturated rings. The summed E-state index contributed by atoms with van der Waals surface area (Å²) >= 11 is 0. The summed E-state index contributed by atoms with van der Waals surface area (Å²) in [6, 6.07) is 13.5. The van der Waals surface area contributed by atoms with Gasteiger partial charge in [0.15, 0.2) is 0 Å². The molecule has 13 heteroatoms. The molecular formula is C32H27F6N3O4. The van der Waals surface area contributed by atoms with Gasteiger partial charge >= 0.3 is 18.3 Å². The molecule has 3 aromatic carbocycles. The lowest BCUT2D eigenvalue weighted by molar-refractivity contribution is -0.193. The smallest absolute Gasteiger partial charge is 0.417 e. The van der Waals surface area contributed by atoms with Crippen LogP contribution in [0.2, 0.25) is 0 Å². The standard InChI is InChI=1S/C32H27F6N3O4/c1-41-23-11-3-2-7-21(23)25(32(36,37)38)24(26(41)42)20-10-5-8-18-17(6-4-9-19(18)20)12-22(27(43)44)40-28(45)29-13-30(14-29,15-29)39-16-31(33,34)35/h2-11,22,39H,12-16H2,1H3,(H,40,45)(H,43,44)/t22-,29?,30?/m0/s1. The SMILES string of the molecule is Cn1c(=O)c(-c2cccc3c(C[C@H](NC(=O)C45CC(NCC(F)(F)F)(C4)C5)C(=O)O)cccc23)c(C(F)(F)F)c2ccccc21. The molecule has 3 saturated carbocycles. The van der Waals surface area contributed by atoms with E-state index in [0.29, 0.717) is 16.3 Å². The zero-order chi connectivity index (χ0) is 32.5. The van der Waals surface area contributed by atoms with Crippen molar-refractivity contribution in [1.82, 2.24) is 15.2 Å². The molecule has 0 unspecified atom stereocenters. The maximum atomic E-state index is 14.6. The summed E-state index contributed by atoms with van der Waals surface area (Å²) in [6.07, 6.45) is -9.01. The summed E-state index contributed by atoms with van der Waals surface area (Å²) < 4.78 is 82.8. The topological polar surface area (TPSA) is 100 Å². The van der Waals surface area contributed by atoms with Crippen LogP contribution in [-0.2, 0) is 29.2 Å². The van der Waals surface area contributed by atoms with Gasteiger partial charge in [-0.3, -0.25) is 9.59 Å². The van der Waals surface area contributed by atoms with Gasteiger partial charge in [0.05, 0.1) is 28.6 Å². The van der Waals surface area contributed by atoms with Crippen LogP contribution in [0.15, 0.2) is 65.5 Å². The van der Waals surface area contributed by atoms with Crippen LogP contribution >= 0.6 is 0 Å². The number of hydrogen-bond acceptors (Lipinski definition) is 4.